The molecule has 0 saturated heterocycles. The zero-order chi connectivity index (χ0) is 13.8. The molecule has 1 N–H and O–H groups in total. The molecule has 0 aliphatic carbocycles. The van der Waals surface area contributed by atoms with Crippen molar-refractivity contribution in [1.29, 1.82) is 0 Å². The number of carboxylic acid groups (broad SMARTS) is 1. The van der Waals surface area contributed by atoms with Gasteiger partial charge in [-0.15, -0.1) is 0 Å². The standard InChI is InChI=1S/C14H14N2O3/c1-3-12-11(14(17)18)8-15-13(16-12)9-4-6-10(19-2)7-5-9/h4-8H,3H2,1-2H3,(H,17,18). The highest BCUT2D eigenvalue weighted by Crippen LogP contribution is 2.20. The van der Waals surface area contributed by atoms with E-state index >= 15 is 0 Å². The number of aromatic carboxylic acids is 1. The molecule has 1 aromatic carbocycles. The van der Waals surface area contributed by atoms with Crippen LogP contribution in [0, 0.1) is 0 Å². The minimum Gasteiger partial charge on any atom is -0.497 e. The first-order chi connectivity index (χ1) is 9.15. The van der Waals surface area contributed by atoms with Crippen LogP contribution in [0.2, 0.25) is 0 Å². The fourth-order valence-electron chi connectivity index (χ4n) is 1.74. The van der Waals surface area contributed by atoms with Crippen molar-refractivity contribution in [2.24, 2.45) is 0 Å². The van der Waals surface area contributed by atoms with Gasteiger partial charge in [-0.1, -0.05) is 6.92 Å². The van der Waals surface area contributed by atoms with Crippen molar-refractivity contribution in [3.8, 4) is 17.1 Å². The van der Waals surface area contributed by atoms with Gasteiger partial charge in [0.2, 0.25) is 0 Å². The van der Waals surface area contributed by atoms with E-state index in [-0.39, 0.29) is 5.56 Å². The highest BCUT2D eigenvalue weighted by atomic mass is 16.5. The molecule has 2 rings (SSSR count). The van der Waals surface area contributed by atoms with E-state index in [4.69, 9.17) is 9.84 Å². The molecule has 2 aromatic rings. The Morgan fingerprint density at radius 1 is 1.32 bits per heavy atom. The SMILES string of the molecule is CCc1nc(-c2ccc(OC)cc2)ncc1C(=O)O. The molecule has 0 radical (unpaired) electrons. The van der Waals surface area contributed by atoms with Crippen molar-refractivity contribution in [2.45, 2.75) is 13.3 Å². The van der Waals surface area contributed by atoms with Crippen LogP contribution < -0.4 is 4.74 Å². The lowest BCUT2D eigenvalue weighted by Crippen LogP contribution is -2.06. The Kier molecular flexibility index (Phi) is 3.75. The number of methoxy groups -OCH3 is 1. The van der Waals surface area contributed by atoms with E-state index in [1.54, 1.807) is 7.11 Å². The van der Waals surface area contributed by atoms with Crippen LogP contribution in [0.15, 0.2) is 30.5 Å². The number of hydrogen-bond acceptors (Lipinski definition) is 4. The minimum atomic E-state index is -1.00. The molecule has 98 valence electrons. The fraction of sp³-hybridized carbons (Fsp3) is 0.214. The number of hydrogen-bond donors (Lipinski definition) is 1. The number of aromatic nitrogens is 2. The molecule has 0 bridgehead atoms. The van der Waals surface area contributed by atoms with Gasteiger partial charge in [0.05, 0.1) is 18.4 Å². The summed E-state index contributed by atoms with van der Waals surface area (Å²) >= 11 is 0. The summed E-state index contributed by atoms with van der Waals surface area (Å²) in [5.74, 6) is 0.268. The second-order valence-corrected chi connectivity index (χ2v) is 3.94. The molecule has 19 heavy (non-hydrogen) atoms. The minimum absolute atomic E-state index is 0.153. The molecule has 1 heterocycles. The Bertz CT molecular complexity index is 594. The highest BCUT2D eigenvalue weighted by Gasteiger charge is 2.12. The number of nitrogens with zero attached hydrogens (tertiary/aromatic N) is 2. The van der Waals surface area contributed by atoms with Gasteiger partial charge in [0.1, 0.15) is 5.75 Å². The van der Waals surface area contributed by atoms with Crippen molar-refractivity contribution < 1.29 is 14.6 Å². The van der Waals surface area contributed by atoms with Gasteiger partial charge in [0.25, 0.3) is 0 Å². The summed E-state index contributed by atoms with van der Waals surface area (Å²) < 4.78 is 5.08. The average molecular weight is 258 g/mol. The summed E-state index contributed by atoms with van der Waals surface area (Å²) in [6.45, 7) is 1.87. The van der Waals surface area contributed by atoms with Crippen LogP contribution in [0.3, 0.4) is 0 Å². The molecule has 0 spiro atoms. The number of ether oxygens (including phenoxy) is 1. The second-order valence-electron chi connectivity index (χ2n) is 3.94. The predicted octanol–water partition coefficient (Wildman–Crippen LogP) is 2.41. The number of carboxylic acids is 1. The van der Waals surface area contributed by atoms with E-state index in [1.165, 1.54) is 6.20 Å². The van der Waals surface area contributed by atoms with Gasteiger partial charge in [-0.3, -0.25) is 0 Å². The van der Waals surface area contributed by atoms with E-state index in [0.29, 0.717) is 17.9 Å². The van der Waals surface area contributed by atoms with Crippen LogP contribution in [-0.2, 0) is 6.42 Å². The van der Waals surface area contributed by atoms with E-state index in [9.17, 15) is 4.79 Å². The summed E-state index contributed by atoms with van der Waals surface area (Å²) in [6, 6.07) is 7.31. The van der Waals surface area contributed by atoms with E-state index in [2.05, 4.69) is 9.97 Å². The molecule has 0 fully saturated rings. The molecule has 0 aliphatic rings. The number of rotatable bonds is 4. The average Bonchev–Trinajstić information content (AvgIpc) is 2.46. The van der Waals surface area contributed by atoms with Gasteiger partial charge < -0.3 is 9.84 Å². The zero-order valence-electron chi connectivity index (χ0n) is 10.8. The summed E-state index contributed by atoms with van der Waals surface area (Å²) in [5.41, 5.74) is 1.51. The normalized spacial score (nSPS) is 10.2. The van der Waals surface area contributed by atoms with Crippen molar-refractivity contribution >= 4 is 5.97 Å². The van der Waals surface area contributed by atoms with Crippen molar-refractivity contribution in [1.82, 2.24) is 9.97 Å². The first-order valence-electron chi connectivity index (χ1n) is 5.89. The Morgan fingerprint density at radius 3 is 2.53 bits per heavy atom. The van der Waals surface area contributed by atoms with Gasteiger partial charge in [0, 0.05) is 11.8 Å². The molecule has 1 aromatic heterocycles. The molecule has 5 nitrogen and oxygen atoms in total. The Hall–Kier alpha value is -2.43. The molecular weight excluding hydrogens is 244 g/mol. The van der Waals surface area contributed by atoms with E-state index in [1.807, 2.05) is 31.2 Å². The summed E-state index contributed by atoms with van der Waals surface area (Å²) in [5, 5.41) is 9.03. The van der Waals surface area contributed by atoms with Crippen LogP contribution in [0.1, 0.15) is 23.0 Å². The Morgan fingerprint density at radius 2 is 2.00 bits per heavy atom. The quantitative estimate of drug-likeness (QED) is 0.911. The first kappa shape index (κ1) is 13.0. The maximum Gasteiger partial charge on any atom is 0.339 e. The smallest absolute Gasteiger partial charge is 0.339 e. The first-order valence-corrected chi connectivity index (χ1v) is 5.89. The third kappa shape index (κ3) is 2.70. The molecular formula is C14H14N2O3. The Balaban J connectivity index is 2.42. The van der Waals surface area contributed by atoms with Gasteiger partial charge >= 0.3 is 5.97 Å². The third-order valence-electron chi connectivity index (χ3n) is 2.78. The lowest BCUT2D eigenvalue weighted by Gasteiger charge is -2.06. The van der Waals surface area contributed by atoms with Crippen molar-refractivity contribution in [2.75, 3.05) is 7.11 Å². The molecule has 0 aliphatic heterocycles. The molecule has 0 amide bonds. The van der Waals surface area contributed by atoms with Crippen molar-refractivity contribution in [3.63, 3.8) is 0 Å². The predicted molar refractivity (Wildman–Crippen MR) is 70.4 cm³/mol. The fourth-order valence-corrected chi connectivity index (χ4v) is 1.74. The van der Waals surface area contributed by atoms with Gasteiger partial charge in [-0.05, 0) is 30.7 Å². The lowest BCUT2D eigenvalue weighted by molar-refractivity contribution is 0.0694. The molecule has 0 unspecified atom stereocenters. The topological polar surface area (TPSA) is 72.3 Å². The molecule has 0 saturated carbocycles. The van der Waals surface area contributed by atoms with Gasteiger partial charge in [-0.2, -0.15) is 0 Å². The lowest BCUT2D eigenvalue weighted by atomic mass is 10.1. The maximum absolute atomic E-state index is 11.0. The van der Waals surface area contributed by atoms with Crippen molar-refractivity contribution in [3.05, 3.63) is 41.7 Å². The molecule has 5 heteroatoms. The number of benzene rings is 1. The highest BCUT2D eigenvalue weighted by molar-refractivity contribution is 5.88. The zero-order valence-corrected chi connectivity index (χ0v) is 10.8. The van der Waals surface area contributed by atoms with Gasteiger partial charge in [-0.25, -0.2) is 14.8 Å². The Labute approximate surface area is 110 Å². The molecule has 0 atom stereocenters. The number of carbonyl (C=O) groups is 1. The van der Waals surface area contributed by atoms with Crippen LogP contribution in [0.4, 0.5) is 0 Å². The largest absolute Gasteiger partial charge is 0.497 e. The third-order valence-corrected chi connectivity index (χ3v) is 2.78. The van der Waals surface area contributed by atoms with Crippen LogP contribution in [0.5, 0.6) is 5.75 Å². The summed E-state index contributed by atoms with van der Waals surface area (Å²) in [6.07, 6.45) is 1.90. The monoisotopic (exact) mass is 258 g/mol. The van der Waals surface area contributed by atoms with Crippen LogP contribution in [-0.4, -0.2) is 28.2 Å². The summed E-state index contributed by atoms with van der Waals surface area (Å²) in [7, 11) is 1.60. The second kappa shape index (κ2) is 5.48. The van der Waals surface area contributed by atoms with Gasteiger partial charge in [0.15, 0.2) is 5.82 Å². The summed E-state index contributed by atoms with van der Waals surface area (Å²) in [4.78, 5) is 19.4. The van der Waals surface area contributed by atoms with E-state index < -0.39 is 5.97 Å². The van der Waals surface area contributed by atoms with E-state index in [0.717, 1.165) is 11.3 Å². The van der Waals surface area contributed by atoms with Crippen LogP contribution in [0.25, 0.3) is 11.4 Å². The maximum atomic E-state index is 11.0. The van der Waals surface area contributed by atoms with Crippen LogP contribution >= 0.6 is 0 Å². The number of aryl methyl sites for hydroxylation is 1.